The number of aromatic nitrogens is 1. The van der Waals surface area contributed by atoms with Gasteiger partial charge in [-0.2, -0.15) is 0 Å². The molecule has 0 bridgehead atoms. The van der Waals surface area contributed by atoms with Crippen molar-refractivity contribution in [2.45, 2.75) is 25.9 Å². The molecule has 1 aromatic heterocycles. The van der Waals surface area contributed by atoms with Gasteiger partial charge in [-0.1, -0.05) is 18.2 Å². The van der Waals surface area contributed by atoms with Gasteiger partial charge in [0.25, 0.3) is 0 Å². The third-order valence-corrected chi connectivity index (χ3v) is 3.25. The summed E-state index contributed by atoms with van der Waals surface area (Å²) in [4.78, 5) is 11.1. The maximum absolute atomic E-state index is 11.1. The minimum Gasteiger partial charge on any atom is -0.469 e. The summed E-state index contributed by atoms with van der Waals surface area (Å²) in [5, 5.41) is 4.43. The summed E-state index contributed by atoms with van der Waals surface area (Å²) in [7, 11) is 3.38. The number of methoxy groups -OCH3 is 1. The first-order valence-electron chi connectivity index (χ1n) is 6.54. The predicted octanol–water partition coefficient (Wildman–Crippen LogP) is 2.31. The molecule has 0 aliphatic rings. The topological polar surface area (TPSA) is 43.3 Å². The molecule has 0 saturated heterocycles. The van der Waals surface area contributed by atoms with Crippen molar-refractivity contribution in [3.05, 3.63) is 36.0 Å². The molecule has 0 fully saturated rings. The van der Waals surface area contributed by atoms with Crippen molar-refractivity contribution in [2.24, 2.45) is 0 Å². The van der Waals surface area contributed by atoms with Crippen molar-refractivity contribution in [1.82, 2.24) is 9.88 Å². The first-order valence-corrected chi connectivity index (χ1v) is 6.54. The largest absolute Gasteiger partial charge is 0.469 e. The second-order valence-corrected chi connectivity index (χ2v) is 4.57. The summed E-state index contributed by atoms with van der Waals surface area (Å²) in [6.45, 7) is 1.68. The van der Waals surface area contributed by atoms with Crippen LogP contribution in [-0.4, -0.2) is 24.7 Å². The van der Waals surface area contributed by atoms with Gasteiger partial charge in [0, 0.05) is 25.7 Å². The minimum atomic E-state index is -0.146. The molecule has 4 heteroatoms. The number of nitrogens with zero attached hydrogens (tertiary/aromatic N) is 1. The second-order valence-electron chi connectivity index (χ2n) is 4.57. The van der Waals surface area contributed by atoms with E-state index in [0.717, 1.165) is 19.5 Å². The molecule has 0 amide bonds. The highest BCUT2D eigenvalue weighted by Crippen LogP contribution is 2.21. The first kappa shape index (κ1) is 13.6. The van der Waals surface area contributed by atoms with E-state index >= 15 is 0 Å². The lowest BCUT2D eigenvalue weighted by Gasteiger charge is -2.09. The van der Waals surface area contributed by atoms with Gasteiger partial charge in [0.05, 0.1) is 12.6 Å². The van der Waals surface area contributed by atoms with Crippen molar-refractivity contribution < 1.29 is 9.53 Å². The lowest BCUT2D eigenvalue weighted by atomic mass is 10.1. The lowest BCUT2D eigenvalue weighted by Crippen LogP contribution is -2.08. The third-order valence-electron chi connectivity index (χ3n) is 3.25. The summed E-state index contributed by atoms with van der Waals surface area (Å²) in [5.74, 6) is -0.146. The van der Waals surface area contributed by atoms with E-state index in [1.165, 1.54) is 23.6 Å². The standard InChI is InChI=1S/C15H20N2O2/c1-16-11-13-6-3-5-12-8-10-17(15(12)13)9-4-7-14(18)19-2/h3,5-6,8,10,16H,4,7,9,11H2,1-2H3. The van der Waals surface area contributed by atoms with Crippen molar-refractivity contribution in [3.8, 4) is 0 Å². The van der Waals surface area contributed by atoms with E-state index in [2.05, 4.69) is 45.1 Å². The van der Waals surface area contributed by atoms with Crippen LogP contribution in [0.2, 0.25) is 0 Å². The van der Waals surface area contributed by atoms with E-state index in [9.17, 15) is 4.79 Å². The zero-order valence-corrected chi connectivity index (χ0v) is 11.5. The number of aryl methyl sites for hydroxylation is 1. The van der Waals surface area contributed by atoms with E-state index in [-0.39, 0.29) is 5.97 Å². The number of carbonyl (C=O) groups excluding carboxylic acids is 1. The van der Waals surface area contributed by atoms with Crippen LogP contribution in [0.25, 0.3) is 10.9 Å². The molecule has 19 heavy (non-hydrogen) atoms. The molecule has 2 aromatic rings. The number of nitrogens with one attached hydrogen (secondary N) is 1. The third kappa shape index (κ3) is 3.15. The highest BCUT2D eigenvalue weighted by atomic mass is 16.5. The minimum absolute atomic E-state index is 0.146. The van der Waals surface area contributed by atoms with Crippen molar-refractivity contribution >= 4 is 16.9 Å². The van der Waals surface area contributed by atoms with E-state index in [0.29, 0.717) is 6.42 Å². The summed E-state index contributed by atoms with van der Waals surface area (Å²) >= 11 is 0. The highest BCUT2D eigenvalue weighted by molar-refractivity contribution is 5.83. The van der Waals surface area contributed by atoms with Crippen LogP contribution < -0.4 is 5.32 Å². The van der Waals surface area contributed by atoms with Gasteiger partial charge < -0.3 is 14.6 Å². The zero-order valence-electron chi connectivity index (χ0n) is 11.5. The Labute approximate surface area is 113 Å². The van der Waals surface area contributed by atoms with Crippen LogP contribution in [-0.2, 0) is 22.6 Å². The van der Waals surface area contributed by atoms with Crippen LogP contribution in [0, 0.1) is 0 Å². The van der Waals surface area contributed by atoms with Crippen LogP contribution in [0.3, 0.4) is 0 Å². The first-order chi connectivity index (χ1) is 9.26. The van der Waals surface area contributed by atoms with E-state index in [1.807, 2.05) is 7.05 Å². The molecule has 1 N–H and O–H groups in total. The fourth-order valence-corrected chi connectivity index (χ4v) is 2.36. The molecule has 102 valence electrons. The van der Waals surface area contributed by atoms with Gasteiger partial charge in [-0.05, 0) is 30.5 Å². The average Bonchev–Trinajstić information content (AvgIpc) is 2.83. The Morgan fingerprint density at radius 3 is 2.95 bits per heavy atom. The maximum atomic E-state index is 11.1. The molecule has 0 atom stereocenters. The van der Waals surface area contributed by atoms with E-state index in [1.54, 1.807) is 0 Å². The van der Waals surface area contributed by atoms with Crippen LogP contribution >= 0.6 is 0 Å². The number of benzene rings is 1. The molecular formula is C15H20N2O2. The Hall–Kier alpha value is -1.81. The fourth-order valence-electron chi connectivity index (χ4n) is 2.36. The van der Waals surface area contributed by atoms with E-state index in [4.69, 9.17) is 0 Å². The second kappa shape index (κ2) is 6.38. The van der Waals surface area contributed by atoms with Crippen molar-refractivity contribution in [2.75, 3.05) is 14.2 Å². The van der Waals surface area contributed by atoms with Crippen molar-refractivity contribution in [3.63, 3.8) is 0 Å². The van der Waals surface area contributed by atoms with Crippen LogP contribution in [0.15, 0.2) is 30.5 Å². The van der Waals surface area contributed by atoms with E-state index < -0.39 is 0 Å². The molecule has 0 aliphatic carbocycles. The molecule has 2 rings (SSSR count). The SMILES string of the molecule is CNCc1cccc2ccn(CCCC(=O)OC)c12. The van der Waals surface area contributed by atoms with Gasteiger partial charge in [-0.3, -0.25) is 4.79 Å². The van der Waals surface area contributed by atoms with Crippen LogP contribution in [0.1, 0.15) is 18.4 Å². The fraction of sp³-hybridized carbons (Fsp3) is 0.400. The maximum Gasteiger partial charge on any atom is 0.305 e. The van der Waals surface area contributed by atoms with Gasteiger partial charge >= 0.3 is 5.97 Å². The number of ether oxygens (including phenoxy) is 1. The summed E-state index contributed by atoms with van der Waals surface area (Å²) < 4.78 is 6.87. The lowest BCUT2D eigenvalue weighted by molar-refractivity contribution is -0.140. The molecule has 0 spiro atoms. The number of hydrogen-bond acceptors (Lipinski definition) is 3. The molecule has 4 nitrogen and oxygen atoms in total. The predicted molar refractivity (Wildman–Crippen MR) is 76.0 cm³/mol. The average molecular weight is 260 g/mol. The van der Waals surface area contributed by atoms with Gasteiger partial charge in [0.1, 0.15) is 0 Å². The van der Waals surface area contributed by atoms with Gasteiger partial charge in [0.2, 0.25) is 0 Å². The number of para-hydroxylation sites is 1. The smallest absolute Gasteiger partial charge is 0.305 e. The Bertz CT molecular complexity index is 560. The number of carbonyl (C=O) groups is 1. The molecule has 0 saturated carbocycles. The molecule has 1 heterocycles. The molecule has 0 radical (unpaired) electrons. The van der Waals surface area contributed by atoms with Gasteiger partial charge in [0.15, 0.2) is 0 Å². The van der Waals surface area contributed by atoms with Crippen molar-refractivity contribution in [1.29, 1.82) is 0 Å². The molecule has 0 aliphatic heterocycles. The Morgan fingerprint density at radius 1 is 1.37 bits per heavy atom. The number of esters is 1. The Morgan fingerprint density at radius 2 is 2.21 bits per heavy atom. The number of fused-ring (bicyclic) bond motifs is 1. The van der Waals surface area contributed by atoms with Crippen LogP contribution in [0.5, 0.6) is 0 Å². The number of rotatable bonds is 6. The molecule has 0 unspecified atom stereocenters. The monoisotopic (exact) mass is 260 g/mol. The Kier molecular flexibility index (Phi) is 4.58. The van der Waals surface area contributed by atoms with Crippen LogP contribution in [0.4, 0.5) is 0 Å². The molecule has 1 aromatic carbocycles. The summed E-state index contributed by atoms with van der Waals surface area (Å²) in [5.41, 5.74) is 2.53. The van der Waals surface area contributed by atoms with Gasteiger partial charge in [-0.25, -0.2) is 0 Å². The Balaban J connectivity index is 2.16. The normalized spacial score (nSPS) is 10.8. The summed E-state index contributed by atoms with van der Waals surface area (Å²) in [6.07, 6.45) is 3.34. The highest BCUT2D eigenvalue weighted by Gasteiger charge is 2.07. The summed E-state index contributed by atoms with van der Waals surface area (Å²) in [6, 6.07) is 8.45. The number of hydrogen-bond donors (Lipinski definition) is 1. The molecular weight excluding hydrogens is 240 g/mol. The zero-order chi connectivity index (χ0) is 13.7. The quantitative estimate of drug-likeness (QED) is 0.811. The van der Waals surface area contributed by atoms with Gasteiger partial charge in [-0.15, -0.1) is 0 Å².